The van der Waals surface area contributed by atoms with Crippen molar-refractivity contribution in [1.82, 2.24) is 9.97 Å². The van der Waals surface area contributed by atoms with Crippen molar-refractivity contribution in [3.63, 3.8) is 0 Å². The Labute approximate surface area is 119 Å². The molecule has 0 radical (unpaired) electrons. The van der Waals surface area contributed by atoms with Crippen LogP contribution in [0.25, 0.3) is 12.2 Å². The minimum Gasteiger partial charge on any atom is -0.240 e. The predicted molar refractivity (Wildman–Crippen MR) is 83.5 cm³/mol. The average molecular weight is 272 g/mol. The lowest BCUT2D eigenvalue weighted by molar-refractivity contribution is 0.773. The van der Waals surface area contributed by atoms with Crippen LogP contribution in [-0.4, -0.2) is 9.97 Å². The van der Waals surface area contributed by atoms with Crippen molar-refractivity contribution in [1.29, 1.82) is 0 Å². The molecule has 0 aliphatic rings. The zero-order chi connectivity index (χ0) is 13.8. The van der Waals surface area contributed by atoms with E-state index in [-0.39, 0.29) is 0 Å². The Morgan fingerprint density at radius 3 is 2.16 bits per heavy atom. The van der Waals surface area contributed by atoms with E-state index in [9.17, 15) is 0 Å². The van der Waals surface area contributed by atoms with Crippen molar-refractivity contribution in [2.45, 2.75) is 39.5 Å². The van der Waals surface area contributed by atoms with Gasteiger partial charge in [0.1, 0.15) is 5.82 Å². The van der Waals surface area contributed by atoms with Crippen LogP contribution in [0.5, 0.6) is 0 Å². The number of rotatable bonds is 4. The van der Waals surface area contributed by atoms with E-state index in [1.54, 1.807) is 0 Å². The van der Waals surface area contributed by atoms with Gasteiger partial charge in [-0.3, -0.25) is 0 Å². The molecule has 0 aliphatic heterocycles. The summed E-state index contributed by atoms with van der Waals surface area (Å²) in [5, 5.41) is 0. The van der Waals surface area contributed by atoms with Crippen LogP contribution >= 0.6 is 11.3 Å². The monoisotopic (exact) mass is 272 g/mol. The Morgan fingerprint density at radius 1 is 0.947 bits per heavy atom. The SMILES string of the molecule is CC(C)c1ncc(/C=C/c2ccc(C(C)C)s2)cn1. The maximum absolute atomic E-state index is 4.36. The van der Waals surface area contributed by atoms with Gasteiger partial charge in [-0.15, -0.1) is 11.3 Å². The zero-order valence-electron chi connectivity index (χ0n) is 11.9. The molecule has 0 saturated carbocycles. The third-order valence-electron chi connectivity index (χ3n) is 2.86. The molecule has 2 aromatic rings. The first-order valence-electron chi connectivity index (χ1n) is 6.66. The molecule has 100 valence electrons. The van der Waals surface area contributed by atoms with Crippen LogP contribution in [0.2, 0.25) is 0 Å². The molecule has 2 heterocycles. The van der Waals surface area contributed by atoms with E-state index < -0.39 is 0 Å². The third kappa shape index (κ3) is 3.74. The van der Waals surface area contributed by atoms with Gasteiger partial charge >= 0.3 is 0 Å². The molecule has 0 atom stereocenters. The molecular weight excluding hydrogens is 252 g/mol. The molecule has 2 nitrogen and oxygen atoms in total. The van der Waals surface area contributed by atoms with Gasteiger partial charge in [0.25, 0.3) is 0 Å². The number of thiophene rings is 1. The summed E-state index contributed by atoms with van der Waals surface area (Å²) in [7, 11) is 0. The van der Waals surface area contributed by atoms with Gasteiger partial charge in [0.05, 0.1) is 0 Å². The smallest absolute Gasteiger partial charge is 0.130 e. The third-order valence-corrected chi connectivity index (χ3v) is 4.22. The molecular formula is C16H20N2S. The predicted octanol–water partition coefficient (Wildman–Crippen LogP) is 4.96. The summed E-state index contributed by atoms with van der Waals surface area (Å²) in [5.74, 6) is 1.88. The van der Waals surface area contributed by atoms with Crippen molar-refractivity contribution in [3.05, 3.63) is 45.7 Å². The first kappa shape index (κ1) is 13.9. The van der Waals surface area contributed by atoms with Crippen LogP contribution in [0.15, 0.2) is 24.5 Å². The first-order chi connectivity index (χ1) is 9.06. The topological polar surface area (TPSA) is 25.8 Å². The van der Waals surface area contributed by atoms with E-state index in [2.05, 4.69) is 61.9 Å². The summed E-state index contributed by atoms with van der Waals surface area (Å²) < 4.78 is 0. The second-order valence-corrected chi connectivity index (χ2v) is 6.40. The fourth-order valence-electron chi connectivity index (χ4n) is 1.68. The highest BCUT2D eigenvalue weighted by Gasteiger charge is 2.02. The van der Waals surface area contributed by atoms with Gasteiger partial charge in [-0.25, -0.2) is 9.97 Å². The number of hydrogen-bond acceptors (Lipinski definition) is 3. The Balaban J connectivity index is 2.09. The Bertz CT molecular complexity index is 550. The van der Waals surface area contributed by atoms with Gasteiger partial charge in [-0.2, -0.15) is 0 Å². The number of hydrogen-bond donors (Lipinski definition) is 0. The molecule has 2 rings (SSSR count). The standard InChI is InChI=1S/C16H20N2S/c1-11(2)15-8-7-14(19-15)6-5-13-9-17-16(12(3)4)18-10-13/h5-12H,1-4H3/b6-5+. The molecule has 0 amide bonds. The quantitative estimate of drug-likeness (QED) is 0.786. The summed E-state index contributed by atoms with van der Waals surface area (Å²) in [4.78, 5) is 11.4. The largest absolute Gasteiger partial charge is 0.240 e. The van der Waals surface area contributed by atoms with E-state index in [1.165, 1.54) is 9.75 Å². The highest BCUT2D eigenvalue weighted by Crippen LogP contribution is 2.25. The number of nitrogens with zero attached hydrogens (tertiary/aromatic N) is 2. The lowest BCUT2D eigenvalue weighted by Gasteiger charge is -2.01. The highest BCUT2D eigenvalue weighted by molar-refractivity contribution is 7.13. The summed E-state index contributed by atoms with van der Waals surface area (Å²) in [6, 6.07) is 4.37. The molecule has 0 aromatic carbocycles. The minimum atomic E-state index is 0.379. The molecule has 3 heteroatoms. The lowest BCUT2D eigenvalue weighted by Crippen LogP contribution is -1.96. The van der Waals surface area contributed by atoms with Crippen LogP contribution < -0.4 is 0 Å². The molecule has 0 spiro atoms. The van der Waals surface area contributed by atoms with Crippen molar-refractivity contribution in [2.24, 2.45) is 0 Å². The van der Waals surface area contributed by atoms with Gasteiger partial charge in [-0.1, -0.05) is 33.8 Å². The van der Waals surface area contributed by atoms with Crippen LogP contribution in [0.1, 0.15) is 60.7 Å². The average Bonchev–Trinajstić information content (AvgIpc) is 2.86. The van der Waals surface area contributed by atoms with Crippen molar-refractivity contribution in [3.8, 4) is 0 Å². The van der Waals surface area contributed by atoms with Crippen LogP contribution in [0, 0.1) is 0 Å². The fraction of sp³-hybridized carbons (Fsp3) is 0.375. The molecule has 2 aromatic heterocycles. The highest BCUT2D eigenvalue weighted by atomic mass is 32.1. The Kier molecular flexibility index (Phi) is 4.48. The van der Waals surface area contributed by atoms with E-state index >= 15 is 0 Å². The summed E-state index contributed by atoms with van der Waals surface area (Å²) in [6.45, 7) is 8.64. The normalized spacial score (nSPS) is 11.9. The van der Waals surface area contributed by atoms with Gasteiger partial charge in [-0.05, 0) is 24.1 Å². The molecule has 0 unspecified atom stereocenters. The van der Waals surface area contributed by atoms with Gasteiger partial charge in [0.2, 0.25) is 0 Å². The van der Waals surface area contributed by atoms with Crippen LogP contribution in [0.3, 0.4) is 0 Å². The lowest BCUT2D eigenvalue weighted by atomic mass is 10.2. The van der Waals surface area contributed by atoms with E-state index in [0.29, 0.717) is 11.8 Å². The molecule has 0 fully saturated rings. The van der Waals surface area contributed by atoms with Crippen molar-refractivity contribution < 1.29 is 0 Å². The first-order valence-corrected chi connectivity index (χ1v) is 7.47. The molecule has 19 heavy (non-hydrogen) atoms. The second kappa shape index (κ2) is 6.11. The van der Waals surface area contributed by atoms with E-state index in [1.807, 2.05) is 23.7 Å². The zero-order valence-corrected chi connectivity index (χ0v) is 12.7. The fourth-order valence-corrected chi connectivity index (χ4v) is 2.59. The van der Waals surface area contributed by atoms with E-state index in [4.69, 9.17) is 0 Å². The molecule has 0 saturated heterocycles. The van der Waals surface area contributed by atoms with Crippen LogP contribution in [0.4, 0.5) is 0 Å². The second-order valence-electron chi connectivity index (χ2n) is 5.26. The van der Waals surface area contributed by atoms with Gasteiger partial charge in [0, 0.05) is 33.6 Å². The van der Waals surface area contributed by atoms with Gasteiger partial charge in [0.15, 0.2) is 0 Å². The molecule has 0 bridgehead atoms. The van der Waals surface area contributed by atoms with Crippen LogP contribution in [-0.2, 0) is 0 Å². The maximum Gasteiger partial charge on any atom is 0.130 e. The molecule has 0 N–H and O–H groups in total. The van der Waals surface area contributed by atoms with E-state index in [0.717, 1.165) is 11.4 Å². The summed E-state index contributed by atoms with van der Waals surface area (Å²) in [5.41, 5.74) is 1.05. The summed E-state index contributed by atoms with van der Waals surface area (Å²) >= 11 is 1.84. The maximum atomic E-state index is 4.36. The summed E-state index contributed by atoms with van der Waals surface area (Å²) in [6.07, 6.45) is 7.97. The van der Waals surface area contributed by atoms with Crippen molar-refractivity contribution in [2.75, 3.05) is 0 Å². The Morgan fingerprint density at radius 2 is 1.63 bits per heavy atom. The van der Waals surface area contributed by atoms with Gasteiger partial charge < -0.3 is 0 Å². The minimum absolute atomic E-state index is 0.379. The number of aromatic nitrogens is 2. The van der Waals surface area contributed by atoms with Crippen molar-refractivity contribution >= 4 is 23.5 Å². The Hall–Kier alpha value is -1.48. The molecule has 0 aliphatic carbocycles.